The number of hydrogen-bond donors (Lipinski definition) is 0. The number of aromatic nitrogens is 1. The van der Waals surface area contributed by atoms with E-state index in [1.807, 2.05) is 30.3 Å². The van der Waals surface area contributed by atoms with E-state index in [1.165, 1.54) is 37.4 Å². The minimum absolute atomic E-state index is 0.0228. The molecule has 150 valence electrons. The van der Waals surface area contributed by atoms with Crippen LogP contribution in [0.3, 0.4) is 0 Å². The average molecular weight is 412 g/mol. The lowest BCUT2D eigenvalue weighted by atomic mass is 10.2. The fourth-order valence-corrected chi connectivity index (χ4v) is 3.53. The summed E-state index contributed by atoms with van der Waals surface area (Å²) in [5.74, 6) is 0.246. The Morgan fingerprint density at radius 3 is 2.48 bits per heavy atom. The van der Waals surface area contributed by atoms with E-state index in [4.69, 9.17) is 14.2 Å². The minimum atomic E-state index is -0.537. The number of carbonyl (C=O) groups excluding carboxylic acids is 2. The van der Waals surface area contributed by atoms with Gasteiger partial charge in [0.25, 0.3) is 0 Å². The number of methoxy groups -OCH3 is 2. The van der Waals surface area contributed by atoms with Crippen molar-refractivity contribution in [2.45, 2.75) is 13.5 Å². The third kappa shape index (κ3) is 4.72. The molecule has 1 amide bonds. The van der Waals surface area contributed by atoms with Gasteiger partial charge in [0, 0.05) is 18.4 Å². The normalized spacial score (nSPS) is 10.3. The number of carbonyl (C=O) groups is 2. The highest BCUT2D eigenvalue weighted by Crippen LogP contribution is 2.29. The van der Waals surface area contributed by atoms with Crippen LogP contribution in [0.1, 0.15) is 23.0 Å². The van der Waals surface area contributed by atoms with Crippen LogP contribution < -0.4 is 14.4 Å². The highest BCUT2D eigenvalue weighted by Gasteiger charge is 2.19. The lowest BCUT2D eigenvalue weighted by Gasteiger charge is -2.17. The smallest absolute Gasteiger partial charge is 0.342 e. The fraction of sp³-hybridized carbons (Fsp3) is 0.190. The zero-order valence-electron chi connectivity index (χ0n) is 16.2. The summed E-state index contributed by atoms with van der Waals surface area (Å²) in [7, 11) is 3.00. The molecule has 0 bridgehead atoms. The van der Waals surface area contributed by atoms with Gasteiger partial charge in [-0.25, -0.2) is 9.78 Å². The van der Waals surface area contributed by atoms with E-state index in [0.717, 1.165) is 5.69 Å². The Morgan fingerprint density at radius 1 is 1.07 bits per heavy atom. The van der Waals surface area contributed by atoms with Gasteiger partial charge in [-0.3, -0.25) is 9.69 Å². The van der Waals surface area contributed by atoms with E-state index in [2.05, 4.69) is 4.98 Å². The summed E-state index contributed by atoms with van der Waals surface area (Å²) in [5.41, 5.74) is 1.56. The molecular formula is C21H20N2O5S. The van der Waals surface area contributed by atoms with Crippen molar-refractivity contribution in [3.63, 3.8) is 0 Å². The predicted molar refractivity (Wildman–Crippen MR) is 110 cm³/mol. The molecule has 0 spiro atoms. The molecule has 7 nitrogen and oxygen atoms in total. The lowest BCUT2D eigenvalue weighted by Crippen LogP contribution is -2.22. The zero-order valence-corrected chi connectivity index (χ0v) is 17.1. The third-order valence-electron chi connectivity index (χ3n) is 4.04. The molecule has 3 aromatic rings. The summed E-state index contributed by atoms with van der Waals surface area (Å²) < 4.78 is 15.7. The molecule has 0 fully saturated rings. The molecule has 29 heavy (non-hydrogen) atoms. The number of anilines is 2. The molecule has 3 rings (SSSR count). The van der Waals surface area contributed by atoms with Crippen molar-refractivity contribution in [1.82, 2.24) is 4.98 Å². The number of thiazole rings is 1. The Morgan fingerprint density at radius 2 is 1.83 bits per heavy atom. The summed E-state index contributed by atoms with van der Waals surface area (Å²) in [6, 6.07) is 14.1. The van der Waals surface area contributed by atoms with Gasteiger partial charge in [0.1, 0.15) is 23.7 Å². The maximum Gasteiger partial charge on any atom is 0.342 e. The first-order valence-electron chi connectivity index (χ1n) is 8.72. The van der Waals surface area contributed by atoms with E-state index in [0.29, 0.717) is 27.9 Å². The summed E-state index contributed by atoms with van der Waals surface area (Å²) in [5, 5.41) is 2.27. The number of rotatable bonds is 7. The van der Waals surface area contributed by atoms with Crippen molar-refractivity contribution < 1.29 is 23.8 Å². The van der Waals surface area contributed by atoms with Crippen molar-refractivity contribution in [3.8, 4) is 11.5 Å². The second kappa shape index (κ2) is 9.20. The second-order valence-corrected chi connectivity index (χ2v) is 6.79. The Bertz CT molecular complexity index is 1000. The van der Waals surface area contributed by atoms with Gasteiger partial charge in [0.2, 0.25) is 5.91 Å². The second-order valence-electron chi connectivity index (χ2n) is 5.95. The Kier molecular flexibility index (Phi) is 6.46. The summed E-state index contributed by atoms with van der Waals surface area (Å²) in [4.78, 5) is 30.5. The number of nitrogens with zero attached hydrogens (tertiary/aromatic N) is 2. The molecule has 1 aromatic heterocycles. The van der Waals surface area contributed by atoms with Crippen LogP contribution >= 0.6 is 11.3 Å². The predicted octanol–water partition coefficient (Wildman–Crippen LogP) is 4.20. The van der Waals surface area contributed by atoms with Crippen LogP contribution in [-0.4, -0.2) is 31.1 Å². The zero-order chi connectivity index (χ0) is 20.8. The average Bonchev–Trinajstić information content (AvgIpc) is 3.20. The minimum Gasteiger partial charge on any atom is -0.497 e. The summed E-state index contributed by atoms with van der Waals surface area (Å²) >= 11 is 1.30. The Balaban J connectivity index is 1.72. The first kappa shape index (κ1) is 20.3. The highest BCUT2D eigenvalue weighted by molar-refractivity contribution is 7.14. The standard InChI is InChI=1S/C21H20N2O5S/c1-14(24)23(16-7-5-4-6-8-16)21-22-15(13-29-21)12-28-20(25)18-10-9-17(26-2)11-19(18)27-3/h4-11,13H,12H2,1-3H3. The summed E-state index contributed by atoms with van der Waals surface area (Å²) in [6.45, 7) is 1.45. The molecule has 0 atom stereocenters. The molecular weight excluding hydrogens is 392 g/mol. The number of ether oxygens (including phenoxy) is 3. The number of para-hydroxylation sites is 1. The summed E-state index contributed by atoms with van der Waals surface area (Å²) in [6.07, 6.45) is 0. The number of benzene rings is 2. The van der Waals surface area contributed by atoms with Crippen molar-refractivity contribution in [3.05, 3.63) is 65.2 Å². The van der Waals surface area contributed by atoms with Crippen molar-refractivity contribution >= 4 is 34.0 Å². The molecule has 2 aromatic carbocycles. The van der Waals surface area contributed by atoms with Gasteiger partial charge >= 0.3 is 5.97 Å². The van der Waals surface area contributed by atoms with Gasteiger partial charge in [-0.05, 0) is 24.3 Å². The van der Waals surface area contributed by atoms with Crippen LogP contribution in [0.25, 0.3) is 0 Å². The van der Waals surface area contributed by atoms with E-state index in [1.54, 1.807) is 23.6 Å². The molecule has 0 unspecified atom stereocenters. The Labute approximate surface area is 172 Å². The molecule has 0 saturated carbocycles. The fourth-order valence-electron chi connectivity index (χ4n) is 2.65. The van der Waals surface area contributed by atoms with Crippen LogP contribution in [0.5, 0.6) is 11.5 Å². The molecule has 1 heterocycles. The van der Waals surface area contributed by atoms with Crippen molar-refractivity contribution in [2.24, 2.45) is 0 Å². The van der Waals surface area contributed by atoms with Crippen LogP contribution in [0.4, 0.5) is 10.8 Å². The number of hydrogen-bond acceptors (Lipinski definition) is 7. The molecule has 0 aliphatic carbocycles. The van der Waals surface area contributed by atoms with Crippen LogP contribution in [0, 0.1) is 0 Å². The van der Waals surface area contributed by atoms with E-state index in [9.17, 15) is 9.59 Å². The van der Waals surface area contributed by atoms with Crippen molar-refractivity contribution in [1.29, 1.82) is 0 Å². The first-order chi connectivity index (χ1) is 14.0. The van der Waals surface area contributed by atoms with E-state index < -0.39 is 5.97 Å². The van der Waals surface area contributed by atoms with Gasteiger partial charge in [0.15, 0.2) is 5.13 Å². The molecule has 0 aliphatic rings. The van der Waals surface area contributed by atoms with Gasteiger partial charge < -0.3 is 14.2 Å². The maximum atomic E-state index is 12.4. The molecule has 8 heteroatoms. The van der Waals surface area contributed by atoms with Gasteiger partial charge in [0.05, 0.1) is 25.6 Å². The van der Waals surface area contributed by atoms with E-state index in [-0.39, 0.29) is 12.5 Å². The quantitative estimate of drug-likeness (QED) is 0.541. The van der Waals surface area contributed by atoms with Gasteiger partial charge in [-0.2, -0.15) is 0 Å². The van der Waals surface area contributed by atoms with E-state index >= 15 is 0 Å². The van der Waals surface area contributed by atoms with Crippen LogP contribution in [0.15, 0.2) is 53.9 Å². The van der Waals surface area contributed by atoms with Gasteiger partial charge in [-0.15, -0.1) is 11.3 Å². The largest absolute Gasteiger partial charge is 0.497 e. The maximum absolute atomic E-state index is 12.4. The lowest BCUT2D eigenvalue weighted by molar-refractivity contribution is -0.115. The molecule has 0 N–H and O–H groups in total. The van der Waals surface area contributed by atoms with Crippen LogP contribution in [0.2, 0.25) is 0 Å². The third-order valence-corrected chi connectivity index (χ3v) is 4.91. The van der Waals surface area contributed by atoms with Gasteiger partial charge in [-0.1, -0.05) is 18.2 Å². The molecule has 0 aliphatic heterocycles. The molecule has 0 saturated heterocycles. The Hall–Kier alpha value is -3.39. The van der Waals surface area contributed by atoms with Crippen LogP contribution in [-0.2, 0) is 16.1 Å². The first-order valence-corrected chi connectivity index (χ1v) is 9.60. The number of amides is 1. The number of esters is 1. The highest BCUT2D eigenvalue weighted by atomic mass is 32.1. The monoisotopic (exact) mass is 412 g/mol. The van der Waals surface area contributed by atoms with Crippen molar-refractivity contribution in [2.75, 3.05) is 19.1 Å². The SMILES string of the molecule is COc1ccc(C(=O)OCc2csc(N(C(C)=O)c3ccccc3)n2)c(OC)c1. The topological polar surface area (TPSA) is 78.0 Å². The molecule has 0 radical (unpaired) electrons.